The normalized spacial score (nSPS) is 14.5. The average molecular weight is 640 g/mol. The van der Waals surface area contributed by atoms with Crippen molar-refractivity contribution in [2.45, 2.75) is 82.8 Å². The van der Waals surface area contributed by atoms with Crippen LogP contribution >= 0.6 is 11.6 Å². The Morgan fingerprint density at radius 2 is 1.68 bits per heavy atom. The van der Waals surface area contributed by atoms with E-state index in [4.69, 9.17) is 16.3 Å². The third-order valence-corrected chi connectivity index (χ3v) is 10.3. The number of anilines is 1. The Hall–Kier alpha value is -3.56. The zero-order chi connectivity index (χ0) is 31.9. The van der Waals surface area contributed by atoms with Crippen molar-refractivity contribution in [3.05, 3.63) is 88.4 Å². The van der Waals surface area contributed by atoms with Crippen LogP contribution in [0.2, 0.25) is 5.02 Å². The molecule has 8 nitrogen and oxygen atoms in total. The molecule has 0 aromatic heterocycles. The highest BCUT2D eigenvalue weighted by Crippen LogP contribution is 2.32. The van der Waals surface area contributed by atoms with Crippen molar-refractivity contribution in [2.75, 3.05) is 18.0 Å². The van der Waals surface area contributed by atoms with E-state index in [2.05, 4.69) is 5.32 Å². The molecule has 4 rings (SSSR count). The fraction of sp³-hybridized carbons (Fsp3) is 0.412. The Morgan fingerprint density at radius 3 is 2.30 bits per heavy atom. The molecule has 10 heteroatoms. The van der Waals surface area contributed by atoms with E-state index in [1.54, 1.807) is 24.3 Å². The summed E-state index contributed by atoms with van der Waals surface area (Å²) < 4.78 is 34.6. The zero-order valence-corrected chi connectivity index (χ0v) is 27.5. The van der Waals surface area contributed by atoms with Gasteiger partial charge < -0.3 is 15.0 Å². The van der Waals surface area contributed by atoms with Crippen molar-refractivity contribution in [1.82, 2.24) is 10.2 Å². The van der Waals surface area contributed by atoms with Crippen LogP contribution in [-0.2, 0) is 26.2 Å². The van der Waals surface area contributed by atoms with Crippen LogP contribution in [0.25, 0.3) is 0 Å². The first-order valence-electron chi connectivity index (χ1n) is 15.1. The Morgan fingerprint density at radius 1 is 1.00 bits per heavy atom. The van der Waals surface area contributed by atoms with Gasteiger partial charge in [0.15, 0.2) is 0 Å². The van der Waals surface area contributed by atoms with Crippen molar-refractivity contribution in [1.29, 1.82) is 0 Å². The fourth-order valence-corrected chi connectivity index (χ4v) is 7.27. The number of ether oxygens (including phenoxy) is 1. The Kier molecular flexibility index (Phi) is 11.3. The molecular formula is C34H42ClN3O5S. The fourth-order valence-electron chi connectivity index (χ4n) is 5.61. The van der Waals surface area contributed by atoms with Crippen LogP contribution in [0.1, 0.15) is 62.1 Å². The molecule has 0 spiro atoms. The third-order valence-electron chi connectivity index (χ3n) is 8.25. The van der Waals surface area contributed by atoms with Crippen molar-refractivity contribution in [3.8, 4) is 5.75 Å². The highest BCUT2D eigenvalue weighted by Gasteiger charge is 2.35. The lowest BCUT2D eigenvalue weighted by atomic mass is 9.95. The van der Waals surface area contributed by atoms with Crippen molar-refractivity contribution in [3.63, 3.8) is 0 Å². The highest BCUT2D eigenvalue weighted by atomic mass is 35.5. The molecule has 1 atom stereocenters. The number of amides is 2. The smallest absolute Gasteiger partial charge is 0.264 e. The lowest BCUT2D eigenvalue weighted by Gasteiger charge is -2.34. The third kappa shape index (κ3) is 7.93. The Balaban J connectivity index is 1.74. The number of halogens is 1. The minimum atomic E-state index is -4.21. The Bertz CT molecular complexity index is 1560. The lowest BCUT2D eigenvalue weighted by molar-refractivity contribution is -0.140. The zero-order valence-electron chi connectivity index (χ0n) is 25.9. The average Bonchev–Trinajstić information content (AvgIpc) is 3.01. The molecule has 2 amide bonds. The molecule has 1 N–H and O–H groups in total. The summed E-state index contributed by atoms with van der Waals surface area (Å²) in [5.41, 5.74) is 2.96. The summed E-state index contributed by atoms with van der Waals surface area (Å²) in [5, 5.41) is 3.38. The van der Waals surface area contributed by atoms with E-state index in [-0.39, 0.29) is 34.1 Å². The van der Waals surface area contributed by atoms with Gasteiger partial charge in [0, 0.05) is 12.6 Å². The predicted molar refractivity (Wildman–Crippen MR) is 175 cm³/mol. The predicted octanol–water partition coefficient (Wildman–Crippen LogP) is 6.42. The SMILES string of the molecule is CC[C@H](C(=O)NC1CCCCC1)N(Cc1ccccc1C)C(=O)CN(c1ccc(OC)c(Cl)c1)S(=O)(=O)c1ccc(C)cc1. The van der Waals surface area contributed by atoms with Crippen LogP contribution in [0.3, 0.4) is 0 Å². The number of sulfonamides is 1. The van der Waals surface area contributed by atoms with Crippen molar-refractivity contribution < 1.29 is 22.7 Å². The number of hydrogen-bond acceptors (Lipinski definition) is 5. The quantitative estimate of drug-likeness (QED) is 0.247. The molecule has 0 bridgehead atoms. The van der Waals surface area contributed by atoms with Gasteiger partial charge in [-0.05, 0) is 74.6 Å². The summed E-state index contributed by atoms with van der Waals surface area (Å²) in [6.07, 6.45) is 5.47. The second-order valence-corrected chi connectivity index (χ2v) is 13.6. The first-order valence-corrected chi connectivity index (χ1v) is 16.9. The van der Waals surface area contributed by atoms with Crippen molar-refractivity contribution in [2.24, 2.45) is 0 Å². The van der Waals surface area contributed by atoms with Gasteiger partial charge in [-0.15, -0.1) is 0 Å². The molecule has 236 valence electrons. The van der Waals surface area contributed by atoms with Crippen LogP contribution < -0.4 is 14.4 Å². The maximum Gasteiger partial charge on any atom is 0.264 e. The van der Waals surface area contributed by atoms with Gasteiger partial charge in [0.2, 0.25) is 11.8 Å². The van der Waals surface area contributed by atoms with Gasteiger partial charge in [0.1, 0.15) is 18.3 Å². The number of carbonyl (C=O) groups is 2. The minimum absolute atomic E-state index is 0.0374. The molecule has 0 unspecified atom stereocenters. The molecular weight excluding hydrogens is 598 g/mol. The van der Waals surface area contributed by atoms with Gasteiger partial charge in [-0.2, -0.15) is 0 Å². The standard InChI is InChI=1S/C34H42ClN3O5S/c1-5-31(34(40)36-27-13-7-6-8-14-27)37(22-26-12-10-9-11-25(26)3)33(39)23-38(28-17-20-32(43-4)30(35)21-28)44(41,42)29-18-15-24(2)16-19-29/h9-12,15-21,27,31H,5-8,13-14,22-23H2,1-4H3,(H,36,40)/t31-/m1/s1. The van der Waals surface area contributed by atoms with Gasteiger partial charge in [-0.3, -0.25) is 13.9 Å². The first-order chi connectivity index (χ1) is 21.0. The first kappa shape index (κ1) is 33.3. The molecule has 44 heavy (non-hydrogen) atoms. The number of rotatable bonds is 12. The van der Waals surface area contributed by atoms with Gasteiger partial charge in [-0.25, -0.2) is 8.42 Å². The van der Waals surface area contributed by atoms with E-state index in [0.717, 1.165) is 53.1 Å². The number of hydrogen-bond donors (Lipinski definition) is 1. The van der Waals surface area contributed by atoms with Gasteiger partial charge in [0.25, 0.3) is 10.0 Å². The highest BCUT2D eigenvalue weighted by molar-refractivity contribution is 7.92. The van der Waals surface area contributed by atoms with Gasteiger partial charge in [0.05, 0.1) is 22.7 Å². The minimum Gasteiger partial charge on any atom is -0.495 e. The number of carbonyl (C=O) groups excluding carboxylic acids is 2. The number of benzene rings is 3. The van der Waals surface area contributed by atoms with Crippen molar-refractivity contribution >= 4 is 39.1 Å². The molecule has 1 aliphatic rings. The molecule has 0 radical (unpaired) electrons. The largest absolute Gasteiger partial charge is 0.495 e. The van der Waals surface area contributed by atoms with Crippen LogP contribution in [0.5, 0.6) is 5.75 Å². The van der Waals surface area contributed by atoms with E-state index in [1.807, 2.05) is 45.0 Å². The molecule has 3 aromatic carbocycles. The second kappa shape index (κ2) is 14.9. The Labute approximate surface area is 266 Å². The summed E-state index contributed by atoms with van der Waals surface area (Å²) in [4.78, 5) is 29.6. The lowest BCUT2D eigenvalue weighted by Crippen LogP contribution is -2.54. The van der Waals surface area contributed by atoms with Gasteiger partial charge >= 0.3 is 0 Å². The second-order valence-electron chi connectivity index (χ2n) is 11.4. The molecule has 0 heterocycles. The maximum atomic E-state index is 14.4. The summed E-state index contributed by atoms with van der Waals surface area (Å²) in [6.45, 7) is 5.32. The monoisotopic (exact) mass is 639 g/mol. The molecule has 1 fully saturated rings. The summed E-state index contributed by atoms with van der Waals surface area (Å²) in [6, 6.07) is 18.0. The van der Waals surface area contributed by atoms with E-state index in [1.165, 1.54) is 30.2 Å². The van der Waals surface area contributed by atoms with E-state index >= 15 is 0 Å². The molecule has 0 aliphatic heterocycles. The van der Waals surface area contributed by atoms with Crippen LogP contribution in [0, 0.1) is 13.8 Å². The summed E-state index contributed by atoms with van der Waals surface area (Å²) in [5.74, 6) is -0.343. The van der Waals surface area contributed by atoms with E-state index in [0.29, 0.717) is 12.2 Å². The van der Waals surface area contributed by atoms with Gasteiger partial charge in [-0.1, -0.05) is 79.7 Å². The van der Waals surface area contributed by atoms with Crippen LogP contribution in [0.4, 0.5) is 5.69 Å². The number of aryl methyl sites for hydroxylation is 2. The summed E-state index contributed by atoms with van der Waals surface area (Å²) in [7, 11) is -2.74. The van der Waals surface area contributed by atoms with Crippen LogP contribution in [-0.4, -0.2) is 50.9 Å². The van der Waals surface area contributed by atoms with Crippen LogP contribution in [0.15, 0.2) is 71.6 Å². The number of methoxy groups -OCH3 is 1. The number of nitrogens with one attached hydrogen (secondary N) is 1. The molecule has 0 saturated heterocycles. The topological polar surface area (TPSA) is 96.0 Å². The summed E-state index contributed by atoms with van der Waals surface area (Å²) >= 11 is 6.43. The number of nitrogens with zero attached hydrogens (tertiary/aromatic N) is 2. The molecule has 1 aliphatic carbocycles. The maximum absolute atomic E-state index is 14.4. The van der Waals surface area contributed by atoms with E-state index < -0.39 is 28.5 Å². The molecule has 1 saturated carbocycles. The van der Waals surface area contributed by atoms with E-state index in [9.17, 15) is 18.0 Å². The molecule has 3 aromatic rings.